The summed E-state index contributed by atoms with van der Waals surface area (Å²) in [6.07, 6.45) is 3.04. The number of carbonyl (C=O) groups is 2. The summed E-state index contributed by atoms with van der Waals surface area (Å²) in [6.45, 7) is 8.86. The van der Waals surface area contributed by atoms with Gasteiger partial charge in [-0.25, -0.2) is 0 Å². The molecule has 0 aliphatic carbocycles. The average Bonchev–Trinajstić information content (AvgIpc) is 3.51. The molecule has 2 aromatic heterocycles. The van der Waals surface area contributed by atoms with Gasteiger partial charge < -0.3 is 14.8 Å². The van der Waals surface area contributed by atoms with E-state index in [-0.39, 0.29) is 18.4 Å². The molecule has 0 saturated carbocycles. The van der Waals surface area contributed by atoms with Gasteiger partial charge in [0.15, 0.2) is 0 Å². The molecule has 0 radical (unpaired) electrons. The normalized spacial score (nSPS) is 17.5. The number of hydrogen-bond donors (Lipinski definition) is 1. The lowest BCUT2D eigenvalue weighted by Crippen LogP contribution is -2.53. The number of likely N-dealkylation sites (tertiary alicyclic amines) is 1. The number of piperazine rings is 1. The van der Waals surface area contributed by atoms with Gasteiger partial charge in [0, 0.05) is 38.1 Å². The minimum absolute atomic E-state index is 0.0677. The molecule has 2 amide bonds. The van der Waals surface area contributed by atoms with E-state index in [1.54, 1.807) is 16.2 Å². The van der Waals surface area contributed by atoms with Gasteiger partial charge in [-0.05, 0) is 67.8 Å². The first kappa shape index (κ1) is 22.2. The Labute approximate surface area is 199 Å². The molecule has 4 heterocycles. The summed E-state index contributed by atoms with van der Waals surface area (Å²) < 4.78 is 0. The van der Waals surface area contributed by atoms with Gasteiger partial charge in [0.25, 0.3) is 0 Å². The number of rotatable bonds is 6. The molecule has 0 unspecified atom stereocenters. The Hall–Kier alpha value is -2.64. The zero-order valence-electron chi connectivity index (χ0n) is 19.5. The number of benzene rings is 1. The minimum Gasteiger partial charge on any atom is -0.346 e. The molecule has 2 saturated heterocycles. The topological polar surface area (TPSA) is 59.7 Å². The molecule has 1 N–H and O–H groups in total. The van der Waals surface area contributed by atoms with Crippen molar-refractivity contribution in [3.8, 4) is 11.3 Å². The van der Waals surface area contributed by atoms with Crippen LogP contribution in [0.15, 0.2) is 29.6 Å². The Balaban J connectivity index is 1.25. The highest BCUT2D eigenvalue weighted by molar-refractivity contribution is 7.16. The van der Waals surface area contributed by atoms with E-state index in [0.717, 1.165) is 45.4 Å². The third-order valence-corrected chi connectivity index (χ3v) is 7.73. The van der Waals surface area contributed by atoms with E-state index in [9.17, 15) is 9.59 Å². The molecule has 2 aliphatic heterocycles. The summed E-state index contributed by atoms with van der Waals surface area (Å²) in [5.74, 6) is 0.164. The van der Waals surface area contributed by atoms with Crippen LogP contribution < -0.4 is 0 Å². The Kier molecular flexibility index (Phi) is 6.25. The van der Waals surface area contributed by atoms with Crippen LogP contribution >= 0.6 is 11.3 Å². The van der Waals surface area contributed by atoms with Crippen LogP contribution in [0.2, 0.25) is 0 Å². The van der Waals surface area contributed by atoms with Crippen molar-refractivity contribution in [2.45, 2.75) is 33.1 Å². The van der Waals surface area contributed by atoms with Crippen molar-refractivity contribution >= 4 is 33.4 Å². The Morgan fingerprint density at radius 1 is 1.06 bits per heavy atom. The molecule has 2 aliphatic rings. The summed E-state index contributed by atoms with van der Waals surface area (Å²) in [4.78, 5) is 35.9. The summed E-state index contributed by atoms with van der Waals surface area (Å²) in [5.41, 5.74) is 6.28. The number of nitrogens with zero attached hydrogens (tertiary/aromatic N) is 3. The first-order valence-electron chi connectivity index (χ1n) is 11.9. The third-order valence-electron chi connectivity index (χ3n) is 6.90. The predicted octanol–water partition coefficient (Wildman–Crippen LogP) is 3.82. The SMILES string of the molecule is Cc1cc(C)cc(-c2[nH]c3sccc3c2CCN2CCN(CC(=O)N3CCCC3)C(=O)C2)c1. The summed E-state index contributed by atoms with van der Waals surface area (Å²) >= 11 is 1.74. The van der Waals surface area contributed by atoms with Crippen molar-refractivity contribution in [2.24, 2.45) is 0 Å². The van der Waals surface area contributed by atoms with Gasteiger partial charge in [0.1, 0.15) is 4.83 Å². The summed E-state index contributed by atoms with van der Waals surface area (Å²) in [7, 11) is 0. The van der Waals surface area contributed by atoms with Crippen LogP contribution in [0.5, 0.6) is 0 Å². The molecule has 6 nitrogen and oxygen atoms in total. The Bertz CT molecular complexity index is 1150. The third kappa shape index (κ3) is 4.70. The monoisotopic (exact) mass is 464 g/mol. The molecule has 1 aromatic carbocycles. The van der Waals surface area contributed by atoms with Crippen LogP contribution in [0.3, 0.4) is 0 Å². The number of carbonyl (C=O) groups excluding carboxylic acids is 2. The molecule has 33 heavy (non-hydrogen) atoms. The second-order valence-electron chi connectivity index (χ2n) is 9.45. The van der Waals surface area contributed by atoms with Gasteiger partial charge in [-0.2, -0.15) is 0 Å². The van der Waals surface area contributed by atoms with Gasteiger partial charge in [0.05, 0.1) is 18.8 Å². The number of amides is 2. The van der Waals surface area contributed by atoms with E-state index in [1.807, 2.05) is 4.90 Å². The molecule has 0 atom stereocenters. The van der Waals surface area contributed by atoms with Gasteiger partial charge in [-0.1, -0.05) is 17.2 Å². The molecule has 174 valence electrons. The van der Waals surface area contributed by atoms with Crippen LogP contribution in [0.1, 0.15) is 29.5 Å². The number of thiophene rings is 1. The number of aromatic nitrogens is 1. The van der Waals surface area contributed by atoms with Gasteiger partial charge in [-0.3, -0.25) is 14.5 Å². The number of aryl methyl sites for hydroxylation is 2. The predicted molar refractivity (Wildman–Crippen MR) is 134 cm³/mol. The largest absolute Gasteiger partial charge is 0.346 e. The van der Waals surface area contributed by atoms with E-state index < -0.39 is 0 Å². The second-order valence-corrected chi connectivity index (χ2v) is 10.4. The van der Waals surface area contributed by atoms with Crippen LogP contribution in [0, 0.1) is 13.8 Å². The van der Waals surface area contributed by atoms with Crippen LogP contribution in [-0.4, -0.2) is 77.3 Å². The summed E-state index contributed by atoms with van der Waals surface area (Å²) in [5, 5.41) is 3.42. The van der Waals surface area contributed by atoms with Crippen molar-refractivity contribution in [1.82, 2.24) is 19.7 Å². The summed E-state index contributed by atoms with van der Waals surface area (Å²) in [6, 6.07) is 8.89. The van der Waals surface area contributed by atoms with E-state index in [4.69, 9.17) is 0 Å². The van der Waals surface area contributed by atoms with Crippen LogP contribution in [-0.2, 0) is 16.0 Å². The van der Waals surface area contributed by atoms with E-state index >= 15 is 0 Å². The molecule has 2 fully saturated rings. The minimum atomic E-state index is 0.0677. The highest BCUT2D eigenvalue weighted by Crippen LogP contribution is 2.34. The van der Waals surface area contributed by atoms with Crippen molar-refractivity contribution in [2.75, 3.05) is 45.8 Å². The fourth-order valence-corrected chi connectivity index (χ4v) is 6.03. The molecule has 7 heteroatoms. The van der Waals surface area contributed by atoms with Crippen LogP contribution in [0.4, 0.5) is 0 Å². The van der Waals surface area contributed by atoms with E-state index in [1.165, 1.54) is 38.2 Å². The fraction of sp³-hybridized carbons (Fsp3) is 0.462. The van der Waals surface area contributed by atoms with Crippen molar-refractivity contribution < 1.29 is 9.59 Å². The van der Waals surface area contributed by atoms with Crippen molar-refractivity contribution in [3.05, 3.63) is 46.3 Å². The highest BCUT2D eigenvalue weighted by Gasteiger charge is 2.28. The quantitative estimate of drug-likeness (QED) is 0.603. The van der Waals surface area contributed by atoms with Gasteiger partial charge in [0.2, 0.25) is 11.8 Å². The number of H-pyrrole nitrogens is 1. The first-order valence-corrected chi connectivity index (χ1v) is 12.8. The van der Waals surface area contributed by atoms with Crippen LogP contribution in [0.25, 0.3) is 21.5 Å². The van der Waals surface area contributed by atoms with E-state index in [0.29, 0.717) is 13.1 Å². The lowest BCUT2D eigenvalue weighted by atomic mass is 10.00. The zero-order valence-corrected chi connectivity index (χ0v) is 20.3. The molecule has 0 bridgehead atoms. The lowest BCUT2D eigenvalue weighted by molar-refractivity contribution is -0.143. The smallest absolute Gasteiger partial charge is 0.242 e. The molecular weight excluding hydrogens is 432 g/mol. The Morgan fingerprint density at radius 3 is 2.55 bits per heavy atom. The highest BCUT2D eigenvalue weighted by atomic mass is 32.1. The standard InChI is InChI=1S/C26H32N4O2S/c1-18-13-19(2)15-20(14-18)25-21(22-6-12-33-26(22)27-25)5-9-28-10-11-30(23(31)16-28)17-24(32)29-7-3-4-8-29/h6,12-15,27H,3-5,7-11,16-17H2,1-2H3. The maximum absolute atomic E-state index is 12.8. The zero-order chi connectivity index (χ0) is 22.9. The van der Waals surface area contributed by atoms with Gasteiger partial charge in [-0.15, -0.1) is 11.3 Å². The number of aromatic amines is 1. The first-order chi connectivity index (χ1) is 16.0. The lowest BCUT2D eigenvalue weighted by Gasteiger charge is -2.34. The van der Waals surface area contributed by atoms with Crippen molar-refractivity contribution in [1.29, 1.82) is 0 Å². The maximum Gasteiger partial charge on any atom is 0.242 e. The number of hydrogen-bond acceptors (Lipinski definition) is 4. The fourth-order valence-electron chi connectivity index (χ4n) is 5.21. The molecule has 5 rings (SSSR count). The number of nitrogens with one attached hydrogen (secondary N) is 1. The van der Waals surface area contributed by atoms with Gasteiger partial charge >= 0.3 is 0 Å². The second kappa shape index (κ2) is 9.31. The Morgan fingerprint density at radius 2 is 1.82 bits per heavy atom. The maximum atomic E-state index is 12.8. The van der Waals surface area contributed by atoms with E-state index in [2.05, 4.69) is 53.4 Å². The molecular formula is C26H32N4O2S. The molecule has 3 aromatic rings. The number of fused-ring (bicyclic) bond motifs is 1. The van der Waals surface area contributed by atoms with Crippen molar-refractivity contribution in [3.63, 3.8) is 0 Å². The molecule has 0 spiro atoms. The average molecular weight is 465 g/mol.